The molecule has 0 N–H and O–H groups in total. The molecule has 0 radical (unpaired) electrons. The molecule has 0 amide bonds. The van der Waals surface area contributed by atoms with Gasteiger partial charge >= 0.3 is 30.0 Å². The second kappa shape index (κ2) is 6.20. The van der Waals surface area contributed by atoms with Crippen molar-refractivity contribution in [1.29, 1.82) is 0 Å². The zero-order valence-corrected chi connectivity index (χ0v) is 10.3. The topological polar surface area (TPSA) is 12.9 Å². The van der Waals surface area contributed by atoms with E-state index >= 15 is 0 Å². The van der Waals surface area contributed by atoms with Crippen molar-refractivity contribution < 1.29 is 20.7 Å². The Hall–Kier alpha value is 0.473. The summed E-state index contributed by atoms with van der Waals surface area (Å²) < 4.78 is 11.9. The number of hydrogen-bond acceptors (Lipinski definition) is 1. The molecule has 10 heavy (non-hydrogen) atoms. The number of hydrogen-bond donors (Lipinski definition) is 0. The van der Waals surface area contributed by atoms with Crippen molar-refractivity contribution in [2.45, 2.75) is 0 Å². The van der Waals surface area contributed by atoms with Gasteiger partial charge in [-0.1, -0.05) is 0 Å². The molecule has 1 nitrogen and oxygen atoms in total. The van der Waals surface area contributed by atoms with Crippen molar-refractivity contribution in [2.75, 3.05) is 0 Å². The van der Waals surface area contributed by atoms with Gasteiger partial charge in [0, 0.05) is 11.0 Å². The molecule has 0 aliphatic carbocycles. The summed E-state index contributed by atoms with van der Waals surface area (Å²) >= 11 is 9.55. The van der Waals surface area contributed by atoms with Crippen LogP contribution in [-0.2, 0) is 16.3 Å². The first-order valence-corrected chi connectivity index (χ1v) is 9.58. The monoisotopic (exact) mass is 273 g/mol. The Morgan fingerprint density at radius 3 is 2.50 bits per heavy atom. The molecule has 0 atom stereocenters. The molecular weight excluding hydrogens is 274 g/mol. The van der Waals surface area contributed by atoms with Crippen LogP contribution in [0, 0.1) is 12.0 Å². The van der Waals surface area contributed by atoms with E-state index in [-0.39, 0.29) is 5.15 Å². The van der Waals surface area contributed by atoms with Crippen LogP contribution in [0.5, 0.6) is 0 Å². The van der Waals surface area contributed by atoms with Crippen LogP contribution in [0.3, 0.4) is 0 Å². The predicted molar refractivity (Wildman–Crippen MR) is 37.0 cm³/mol. The van der Waals surface area contributed by atoms with E-state index in [1.807, 2.05) is 0 Å². The molecule has 0 fully saturated rings. The van der Waals surface area contributed by atoms with Gasteiger partial charge in [-0.15, -0.1) is 23.7 Å². The van der Waals surface area contributed by atoms with E-state index < -0.39 is 5.82 Å². The van der Waals surface area contributed by atoms with E-state index in [9.17, 15) is 4.39 Å². The number of aromatic nitrogens is 1. The molecule has 0 aliphatic rings. The van der Waals surface area contributed by atoms with Gasteiger partial charge in [0.2, 0.25) is 0 Å². The third-order valence-corrected chi connectivity index (χ3v) is 0.847. The first kappa shape index (κ1) is 10.5. The van der Waals surface area contributed by atoms with Gasteiger partial charge < -0.3 is 4.98 Å². The van der Waals surface area contributed by atoms with Crippen LogP contribution >= 0.6 is 25.2 Å². The Bertz CT molecular complexity index is 161. The summed E-state index contributed by atoms with van der Waals surface area (Å²) in [4.78, 5) is 3.34. The van der Waals surface area contributed by atoms with Crippen molar-refractivity contribution >= 4 is 25.2 Å². The second-order valence-corrected chi connectivity index (χ2v) is 1.61. The van der Waals surface area contributed by atoms with Crippen LogP contribution in [-0.4, -0.2) is 4.98 Å². The molecule has 0 saturated heterocycles. The third-order valence-electron chi connectivity index (χ3n) is 0.637. The number of nitrogens with zero attached hydrogens (tertiary/aromatic N) is 1. The fourth-order valence-electron chi connectivity index (χ4n) is 0.323. The van der Waals surface area contributed by atoms with E-state index in [1.165, 1.54) is 28.5 Å². The van der Waals surface area contributed by atoms with Crippen LogP contribution in [0.4, 0.5) is 4.39 Å². The van der Waals surface area contributed by atoms with Gasteiger partial charge in [-0.3, -0.25) is 0 Å². The molecule has 1 aromatic rings. The van der Waals surface area contributed by atoms with Gasteiger partial charge in [-0.2, -0.15) is 0 Å². The molecule has 0 bridgehead atoms. The van der Waals surface area contributed by atoms with Gasteiger partial charge in [0.05, 0.1) is 0 Å². The van der Waals surface area contributed by atoms with E-state index in [4.69, 9.17) is 11.6 Å². The fourth-order valence-corrected chi connectivity index (χ4v) is 0.429. The van der Waals surface area contributed by atoms with Gasteiger partial charge in [0.1, 0.15) is 0 Å². The van der Waals surface area contributed by atoms with Gasteiger partial charge in [-0.05, 0) is 6.20 Å². The Balaban J connectivity index is 0.000000371. The SMILES string of the molecule is Fc1[c-]nc(Cl)cc1.[Zn+][Br]. The summed E-state index contributed by atoms with van der Waals surface area (Å²) in [5, 5.41) is 0.256. The molecular formula is C5H2BrClFNZn. The summed E-state index contributed by atoms with van der Waals surface area (Å²) in [7, 11) is 0. The molecule has 1 aromatic heterocycles. The van der Waals surface area contributed by atoms with Crippen molar-refractivity contribution in [2.24, 2.45) is 0 Å². The maximum atomic E-state index is 11.9. The predicted octanol–water partition coefficient (Wildman–Crippen LogP) is 2.52. The summed E-state index contributed by atoms with van der Waals surface area (Å²) in [6, 6.07) is 2.57. The van der Waals surface area contributed by atoms with Crippen LogP contribution in [0.25, 0.3) is 0 Å². The normalized spacial score (nSPS) is 8.10. The van der Waals surface area contributed by atoms with Crippen LogP contribution in [0.2, 0.25) is 5.15 Å². The molecule has 5 heteroatoms. The quantitative estimate of drug-likeness (QED) is 0.403. The van der Waals surface area contributed by atoms with Crippen LogP contribution < -0.4 is 0 Å². The van der Waals surface area contributed by atoms with Crippen molar-refractivity contribution in [3.8, 4) is 0 Å². The summed E-state index contributed by atoms with van der Waals surface area (Å²) in [6.07, 6.45) is 2.05. The molecule has 0 aromatic carbocycles. The zero-order chi connectivity index (χ0) is 7.98. The molecule has 1 rings (SSSR count). The summed E-state index contributed by atoms with van der Waals surface area (Å²) in [6.45, 7) is 0. The molecule has 1 heterocycles. The Morgan fingerprint density at radius 2 is 2.20 bits per heavy atom. The van der Waals surface area contributed by atoms with E-state index in [1.54, 1.807) is 0 Å². The number of rotatable bonds is 0. The summed E-state index contributed by atoms with van der Waals surface area (Å²) in [5.74, 6) is -0.491. The van der Waals surface area contributed by atoms with Gasteiger partial charge in [0.15, 0.2) is 0 Å². The summed E-state index contributed by atoms with van der Waals surface area (Å²) in [5.41, 5.74) is 0. The van der Waals surface area contributed by atoms with Crippen molar-refractivity contribution in [3.05, 3.63) is 29.3 Å². The Morgan fingerprint density at radius 1 is 1.60 bits per heavy atom. The average molecular weight is 276 g/mol. The third kappa shape index (κ3) is 4.31. The average Bonchev–Trinajstić information content (AvgIpc) is 2.00. The van der Waals surface area contributed by atoms with Gasteiger partial charge in [-0.25, -0.2) is 4.39 Å². The number of halogens is 3. The fraction of sp³-hybridized carbons (Fsp3) is 0. The minimum absolute atomic E-state index is 0.256. The molecule has 0 spiro atoms. The van der Waals surface area contributed by atoms with E-state index in [2.05, 4.69) is 24.8 Å². The van der Waals surface area contributed by atoms with Crippen molar-refractivity contribution in [3.63, 3.8) is 0 Å². The second-order valence-electron chi connectivity index (χ2n) is 1.23. The molecule has 50 valence electrons. The molecule has 0 unspecified atom stereocenters. The van der Waals surface area contributed by atoms with Crippen molar-refractivity contribution in [1.82, 2.24) is 4.98 Å². The Labute approximate surface area is 80.0 Å². The zero-order valence-electron chi connectivity index (χ0n) is 4.94. The van der Waals surface area contributed by atoms with E-state index in [0.717, 1.165) is 0 Å². The standard InChI is InChI=1S/C5H2ClFN.BrH.Zn/c6-5-2-1-4(7)3-8-5;;/h1-2H;1H;/q-1;;+2/p-1. The molecule has 0 aliphatic heterocycles. The van der Waals surface area contributed by atoms with E-state index in [0.29, 0.717) is 0 Å². The molecule has 0 saturated carbocycles. The first-order chi connectivity index (χ1) is 4.79. The van der Waals surface area contributed by atoms with Gasteiger partial charge in [0.25, 0.3) is 0 Å². The Kier molecular flexibility index (Phi) is 6.49. The van der Waals surface area contributed by atoms with Crippen LogP contribution in [0.15, 0.2) is 12.1 Å². The first-order valence-electron chi connectivity index (χ1n) is 2.25. The number of pyridine rings is 1. The van der Waals surface area contributed by atoms with Crippen LogP contribution in [0.1, 0.15) is 0 Å². The maximum absolute atomic E-state index is 11.9. The minimum atomic E-state index is -0.491.